The first-order chi connectivity index (χ1) is 11.1. The average Bonchev–Trinajstić information content (AvgIpc) is 3.23. The third kappa shape index (κ3) is 3.27. The molecule has 0 aliphatic heterocycles. The molecule has 23 heavy (non-hydrogen) atoms. The summed E-state index contributed by atoms with van der Waals surface area (Å²) < 4.78 is 5.28. The van der Waals surface area contributed by atoms with Crippen LogP contribution in [-0.4, -0.2) is 21.2 Å². The quantitative estimate of drug-likeness (QED) is 0.852. The minimum absolute atomic E-state index is 0.268. The highest BCUT2D eigenvalue weighted by atomic mass is 16.5. The fourth-order valence-electron chi connectivity index (χ4n) is 3.14. The summed E-state index contributed by atoms with van der Waals surface area (Å²) >= 11 is 0. The number of aromatic nitrogens is 2. The van der Waals surface area contributed by atoms with Crippen molar-refractivity contribution < 1.29 is 14.4 Å². The van der Waals surface area contributed by atoms with Crippen LogP contribution >= 0.6 is 0 Å². The molecule has 0 radical (unpaired) electrons. The number of rotatable bonds is 6. The van der Waals surface area contributed by atoms with E-state index in [-0.39, 0.29) is 5.54 Å². The van der Waals surface area contributed by atoms with Crippen molar-refractivity contribution in [1.82, 2.24) is 15.5 Å². The molecule has 0 amide bonds. The standard InChI is InChI=1S/C17H21N3O3/c1-2-14-19-16(20-23-14)17(8-3-4-9-17)18-11-12-6-5-7-13(10-12)15(21)22/h5-7,10,18H,2-4,8-9,11H2,1H3,(H,21,22). The summed E-state index contributed by atoms with van der Waals surface area (Å²) in [7, 11) is 0. The van der Waals surface area contributed by atoms with Crippen molar-refractivity contribution in [2.75, 3.05) is 0 Å². The molecule has 0 spiro atoms. The predicted octanol–water partition coefficient (Wildman–Crippen LogP) is 2.89. The first-order valence-corrected chi connectivity index (χ1v) is 8.03. The van der Waals surface area contributed by atoms with Gasteiger partial charge in [0.05, 0.1) is 11.1 Å². The number of carboxylic acids is 1. The van der Waals surface area contributed by atoms with Gasteiger partial charge in [-0.2, -0.15) is 4.98 Å². The van der Waals surface area contributed by atoms with Crippen LogP contribution in [0.1, 0.15) is 60.2 Å². The number of hydrogen-bond donors (Lipinski definition) is 2. The zero-order valence-corrected chi connectivity index (χ0v) is 13.2. The Labute approximate surface area is 134 Å². The molecule has 1 aliphatic carbocycles. The second-order valence-corrected chi connectivity index (χ2v) is 6.01. The van der Waals surface area contributed by atoms with Crippen LogP contribution in [0, 0.1) is 0 Å². The van der Waals surface area contributed by atoms with Gasteiger partial charge in [0.15, 0.2) is 5.82 Å². The third-order valence-corrected chi connectivity index (χ3v) is 4.46. The van der Waals surface area contributed by atoms with Gasteiger partial charge in [-0.05, 0) is 30.5 Å². The zero-order chi connectivity index (χ0) is 16.3. The highest BCUT2D eigenvalue weighted by Crippen LogP contribution is 2.37. The lowest BCUT2D eigenvalue weighted by Crippen LogP contribution is -2.40. The number of hydrogen-bond acceptors (Lipinski definition) is 5. The molecule has 122 valence electrons. The third-order valence-electron chi connectivity index (χ3n) is 4.46. The minimum Gasteiger partial charge on any atom is -0.478 e. The van der Waals surface area contributed by atoms with Gasteiger partial charge in [-0.15, -0.1) is 0 Å². The summed E-state index contributed by atoms with van der Waals surface area (Å²) in [5.74, 6) is 0.468. The van der Waals surface area contributed by atoms with Crippen molar-refractivity contribution in [3.63, 3.8) is 0 Å². The molecule has 0 atom stereocenters. The zero-order valence-electron chi connectivity index (χ0n) is 13.2. The minimum atomic E-state index is -0.909. The largest absolute Gasteiger partial charge is 0.478 e. The SMILES string of the molecule is CCc1nc(C2(NCc3cccc(C(=O)O)c3)CCCC2)no1. The lowest BCUT2D eigenvalue weighted by Gasteiger charge is -2.27. The van der Waals surface area contributed by atoms with E-state index in [1.165, 1.54) is 0 Å². The molecule has 1 fully saturated rings. The molecule has 2 N–H and O–H groups in total. The Hall–Kier alpha value is -2.21. The maximum atomic E-state index is 11.1. The molecule has 1 aliphatic rings. The maximum absolute atomic E-state index is 11.1. The maximum Gasteiger partial charge on any atom is 0.335 e. The highest BCUT2D eigenvalue weighted by Gasteiger charge is 2.39. The smallest absolute Gasteiger partial charge is 0.335 e. The second-order valence-electron chi connectivity index (χ2n) is 6.01. The van der Waals surface area contributed by atoms with Gasteiger partial charge in [0.1, 0.15) is 0 Å². The van der Waals surface area contributed by atoms with Crippen molar-refractivity contribution in [2.45, 2.75) is 51.1 Å². The Morgan fingerprint density at radius 3 is 2.83 bits per heavy atom. The van der Waals surface area contributed by atoms with Crippen LogP contribution in [0.15, 0.2) is 28.8 Å². The van der Waals surface area contributed by atoms with Crippen LogP contribution in [0.2, 0.25) is 0 Å². The number of nitrogens with zero attached hydrogens (tertiary/aromatic N) is 2. The Morgan fingerprint density at radius 2 is 2.17 bits per heavy atom. The molecular weight excluding hydrogens is 294 g/mol. The summed E-state index contributed by atoms with van der Waals surface area (Å²) in [5, 5.41) is 16.8. The number of carboxylic acid groups (broad SMARTS) is 1. The molecular formula is C17H21N3O3. The summed E-state index contributed by atoms with van der Waals surface area (Å²) in [4.78, 5) is 15.6. The van der Waals surface area contributed by atoms with Gasteiger partial charge < -0.3 is 14.9 Å². The summed E-state index contributed by atoms with van der Waals surface area (Å²) in [5.41, 5.74) is 0.976. The van der Waals surface area contributed by atoms with E-state index in [9.17, 15) is 4.79 Å². The molecule has 6 nitrogen and oxygen atoms in total. The van der Waals surface area contributed by atoms with Crippen molar-refractivity contribution >= 4 is 5.97 Å². The van der Waals surface area contributed by atoms with Crippen LogP contribution in [0.4, 0.5) is 0 Å². The van der Waals surface area contributed by atoms with E-state index in [0.29, 0.717) is 18.0 Å². The summed E-state index contributed by atoms with van der Waals surface area (Å²) in [6, 6.07) is 7.00. The van der Waals surface area contributed by atoms with Crippen molar-refractivity contribution in [3.05, 3.63) is 47.1 Å². The summed E-state index contributed by atoms with van der Waals surface area (Å²) in [6.45, 7) is 2.57. The van der Waals surface area contributed by atoms with Gasteiger partial charge in [0.2, 0.25) is 5.89 Å². The van der Waals surface area contributed by atoms with Gasteiger partial charge in [0, 0.05) is 13.0 Å². The first kappa shape index (κ1) is 15.7. The van der Waals surface area contributed by atoms with Crippen molar-refractivity contribution in [1.29, 1.82) is 0 Å². The normalized spacial score (nSPS) is 16.6. The molecule has 0 unspecified atom stereocenters. The first-order valence-electron chi connectivity index (χ1n) is 8.03. The van der Waals surface area contributed by atoms with Gasteiger partial charge in [-0.25, -0.2) is 4.79 Å². The Morgan fingerprint density at radius 1 is 1.39 bits per heavy atom. The van der Waals surface area contributed by atoms with Crippen LogP contribution in [-0.2, 0) is 18.5 Å². The predicted molar refractivity (Wildman–Crippen MR) is 84.1 cm³/mol. The van der Waals surface area contributed by atoms with Gasteiger partial charge >= 0.3 is 5.97 Å². The van der Waals surface area contributed by atoms with Crippen molar-refractivity contribution in [3.8, 4) is 0 Å². The molecule has 2 aromatic rings. The van der Waals surface area contributed by atoms with E-state index in [1.54, 1.807) is 18.2 Å². The molecule has 1 aromatic heterocycles. The van der Waals surface area contributed by atoms with E-state index in [4.69, 9.17) is 9.63 Å². The van der Waals surface area contributed by atoms with Crippen LogP contribution < -0.4 is 5.32 Å². The molecule has 6 heteroatoms. The van der Waals surface area contributed by atoms with E-state index in [2.05, 4.69) is 15.5 Å². The lowest BCUT2D eigenvalue weighted by atomic mass is 9.96. The Kier molecular flexibility index (Phi) is 4.43. The monoisotopic (exact) mass is 315 g/mol. The van der Waals surface area contributed by atoms with Gasteiger partial charge in [-0.1, -0.05) is 37.1 Å². The molecule has 1 saturated carbocycles. The number of aromatic carboxylic acids is 1. The van der Waals surface area contributed by atoms with Gasteiger partial charge in [0.25, 0.3) is 0 Å². The number of benzene rings is 1. The highest BCUT2D eigenvalue weighted by molar-refractivity contribution is 5.87. The molecule has 3 rings (SSSR count). The molecule has 0 saturated heterocycles. The molecule has 0 bridgehead atoms. The van der Waals surface area contributed by atoms with E-state index >= 15 is 0 Å². The number of nitrogens with one attached hydrogen (secondary N) is 1. The Balaban J connectivity index is 1.78. The summed E-state index contributed by atoms with van der Waals surface area (Å²) in [6.07, 6.45) is 4.91. The second kappa shape index (κ2) is 6.50. The molecule has 1 aromatic carbocycles. The van der Waals surface area contributed by atoms with Crippen molar-refractivity contribution in [2.24, 2.45) is 0 Å². The lowest BCUT2D eigenvalue weighted by molar-refractivity contribution is 0.0696. The van der Waals surface area contributed by atoms with E-state index in [1.807, 2.05) is 13.0 Å². The van der Waals surface area contributed by atoms with Crippen LogP contribution in [0.25, 0.3) is 0 Å². The van der Waals surface area contributed by atoms with E-state index in [0.717, 1.165) is 43.5 Å². The molecule has 1 heterocycles. The van der Waals surface area contributed by atoms with Crippen LogP contribution in [0.5, 0.6) is 0 Å². The van der Waals surface area contributed by atoms with E-state index < -0.39 is 5.97 Å². The average molecular weight is 315 g/mol. The fraction of sp³-hybridized carbons (Fsp3) is 0.471. The number of aryl methyl sites for hydroxylation is 1. The number of carbonyl (C=O) groups is 1. The Bertz CT molecular complexity index is 690. The van der Waals surface area contributed by atoms with Crippen LogP contribution in [0.3, 0.4) is 0 Å². The topological polar surface area (TPSA) is 88.2 Å². The fourth-order valence-corrected chi connectivity index (χ4v) is 3.14. The van der Waals surface area contributed by atoms with Gasteiger partial charge in [-0.3, -0.25) is 0 Å².